The van der Waals surface area contributed by atoms with Gasteiger partial charge in [0, 0.05) is 5.56 Å². The van der Waals surface area contributed by atoms with Gasteiger partial charge in [0.25, 0.3) is 0 Å². The standard InChI is InChI=1S/C11H8ClNO3S/c1-16-7-4-2-3-6(5-7)10-13-8(11(14)15)9(12)17-10/h2-5H,1H3,(H,14,15). The molecule has 2 aromatic rings. The van der Waals surface area contributed by atoms with Gasteiger partial charge in [0.05, 0.1) is 7.11 Å². The Kier molecular flexibility index (Phi) is 3.31. The summed E-state index contributed by atoms with van der Waals surface area (Å²) in [5, 5.41) is 9.42. The molecule has 0 unspecified atom stereocenters. The van der Waals surface area contributed by atoms with E-state index in [1.807, 2.05) is 12.1 Å². The molecular formula is C11H8ClNO3S. The second-order valence-electron chi connectivity index (χ2n) is 3.18. The maximum atomic E-state index is 10.8. The van der Waals surface area contributed by atoms with E-state index < -0.39 is 5.97 Å². The number of hydrogen-bond acceptors (Lipinski definition) is 4. The number of carboxylic acids is 1. The van der Waals surface area contributed by atoms with Crippen molar-refractivity contribution in [2.75, 3.05) is 7.11 Å². The molecule has 1 aromatic heterocycles. The second kappa shape index (κ2) is 4.73. The molecule has 17 heavy (non-hydrogen) atoms. The van der Waals surface area contributed by atoms with Gasteiger partial charge in [0.15, 0.2) is 5.69 Å². The van der Waals surface area contributed by atoms with Crippen LogP contribution in [-0.2, 0) is 0 Å². The van der Waals surface area contributed by atoms with E-state index in [1.54, 1.807) is 19.2 Å². The van der Waals surface area contributed by atoms with Gasteiger partial charge < -0.3 is 9.84 Å². The van der Waals surface area contributed by atoms with Crippen LogP contribution in [-0.4, -0.2) is 23.2 Å². The number of rotatable bonds is 3. The molecule has 0 amide bonds. The van der Waals surface area contributed by atoms with Crippen LogP contribution >= 0.6 is 22.9 Å². The first-order chi connectivity index (χ1) is 8.11. The average molecular weight is 270 g/mol. The zero-order chi connectivity index (χ0) is 12.4. The number of carbonyl (C=O) groups is 1. The number of aromatic nitrogens is 1. The van der Waals surface area contributed by atoms with Crippen molar-refractivity contribution in [2.24, 2.45) is 0 Å². The molecule has 1 N–H and O–H groups in total. The number of thiazole rings is 1. The first-order valence-electron chi connectivity index (χ1n) is 4.66. The summed E-state index contributed by atoms with van der Waals surface area (Å²) in [6.45, 7) is 0. The molecule has 6 heteroatoms. The topological polar surface area (TPSA) is 59.4 Å². The van der Waals surface area contributed by atoms with E-state index >= 15 is 0 Å². The Balaban J connectivity index is 2.46. The number of halogens is 1. The SMILES string of the molecule is COc1cccc(-c2nc(C(=O)O)c(Cl)s2)c1. The Hall–Kier alpha value is -1.59. The molecule has 0 saturated carbocycles. The number of nitrogens with zero attached hydrogens (tertiary/aromatic N) is 1. The summed E-state index contributed by atoms with van der Waals surface area (Å²) in [4.78, 5) is 14.8. The Morgan fingerprint density at radius 2 is 2.29 bits per heavy atom. The number of ether oxygens (including phenoxy) is 1. The molecule has 0 atom stereocenters. The lowest BCUT2D eigenvalue weighted by Gasteiger charge is -2.00. The van der Waals surface area contributed by atoms with E-state index in [2.05, 4.69) is 4.98 Å². The van der Waals surface area contributed by atoms with Crippen molar-refractivity contribution in [1.82, 2.24) is 4.98 Å². The summed E-state index contributed by atoms with van der Waals surface area (Å²) in [5.74, 6) is -0.439. The van der Waals surface area contributed by atoms with Crippen LogP contribution in [0.3, 0.4) is 0 Å². The summed E-state index contributed by atoms with van der Waals surface area (Å²) in [5.41, 5.74) is 0.665. The van der Waals surface area contributed by atoms with Crippen molar-refractivity contribution in [1.29, 1.82) is 0 Å². The molecule has 0 aliphatic carbocycles. The lowest BCUT2D eigenvalue weighted by atomic mass is 10.2. The van der Waals surface area contributed by atoms with Crippen molar-refractivity contribution in [3.05, 3.63) is 34.3 Å². The molecule has 0 aliphatic heterocycles. The van der Waals surface area contributed by atoms with Crippen LogP contribution < -0.4 is 4.74 Å². The number of aromatic carboxylic acids is 1. The predicted octanol–water partition coefficient (Wildman–Crippen LogP) is 3.17. The Morgan fingerprint density at radius 3 is 2.88 bits per heavy atom. The lowest BCUT2D eigenvalue weighted by Crippen LogP contribution is -1.96. The summed E-state index contributed by atoms with van der Waals surface area (Å²) < 4.78 is 5.26. The first kappa shape index (κ1) is 11.9. The molecule has 2 rings (SSSR count). The summed E-state index contributed by atoms with van der Waals surface area (Å²) in [6, 6.07) is 7.21. The third-order valence-electron chi connectivity index (χ3n) is 2.11. The van der Waals surface area contributed by atoms with E-state index in [4.69, 9.17) is 21.4 Å². The highest BCUT2D eigenvalue weighted by molar-refractivity contribution is 7.19. The van der Waals surface area contributed by atoms with Gasteiger partial charge in [-0.1, -0.05) is 23.7 Å². The molecule has 0 bridgehead atoms. The van der Waals surface area contributed by atoms with Crippen molar-refractivity contribution in [3.8, 4) is 16.3 Å². The predicted molar refractivity (Wildman–Crippen MR) is 66.1 cm³/mol. The zero-order valence-electron chi connectivity index (χ0n) is 8.81. The maximum Gasteiger partial charge on any atom is 0.356 e. The monoisotopic (exact) mass is 269 g/mol. The summed E-state index contributed by atoms with van der Waals surface area (Å²) in [7, 11) is 1.57. The molecular weight excluding hydrogens is 262 g/mol. The Labute approximate surface area is 106 Å². The Morgan fingerprint density at radius 1 is 1.53 bits per heavy atom. The fourth-order valence-electron chi connectivity index (χ4n) is 1.31. The number of hydrogen-bond donors (Lipinski definition) is 1. The molecule has 0 fully saturated rings. The second-order valence-corrected chi connectivity index (χ2v) is 4.78. The largest absolute Gasteiger partial charge is 0.497 e. The van der Waals surface area contributed by atoms with Gasteiger partial charge in [0.2, 0.25) is 0 Å². The first-order valence-corrected chi connectivity index (χ1v) is 5.85. The fourth-order valence-corrected chi connectivity index (χ4v) is 2.44. The third-order valence-corrected chi connectivity index (χ3v) is 3.41. The minimum Gasteiger partial charge on any atom is -0.497 e. The molecule has 0 spiro atoms. The normalized spacial score (nSPS) is 10.2. The van der Waals surface area contributed by atoms with Crippen molar-refractivity contribution >= 4 is 28.9 Å². The van der Waals surface area contributed by atoms with E-state index in [9.17, 15) is 4.79 Å². The van der Waals surface area contributed by atoms with Gasteiger partial charge in [-0.05, 0) is 12.1 Å². The van der Waals surface area contributed by atoms with Gasteiger partial charge in [-0.3, -0.25) is 0 Å². The molecule has 88 valence electrons. The number of methoxy groups -OCH3 is 1. The zero-order valence-corrected chi connectivity index (χ0v) is 10.4. The van der Waals surface area contributed by atoms with Crippen LogP contribution in [0.15, 0.2) is 24.3 Å². The van der Waals surface area contributed by atoms with Crippen molar-refractivity contribution < 1.29 is 14.6 Å². The molecule has 0 radical (unpaired) electrons. The molecule has 4 nitrogen and oxygen atoms in total. The third kappa shape index (κ3) is 2.40. The van der Waals surface area contributed by atoms with Crippen molar-refractivity contribution in [3.63, 3.8) is 0 Å². The number of benzene rings is 1. The van der Waals surface area contributed by atoms with Crippen LogP contribution in [0, 0.1) is 0 Å². The average Bonchev–Trinajstić information content (AvgIpc) is 2.71. The van der Waals surface area contributed by atoms with Crippen LogP contribution in [0.25, 0.3) is 10.6 Å². The highest BCUT2D eigenvalue weighted by Gasteiger charge is 2.16. The smallest absolute Gasteiger partial charge is 0.356 e. The minimum atomic E-state index is -1.12. The summed E-state index contributed by atoms with van der Waals surface area (Å²) in [6.07, 6.45) is 0. The van der Waals surface area contributed by atoms with Crippen LogP contribution in [0.4, 0.5) is 0 Å². The molecule has 0 saturated heterocycles. The Bertz CT molecular complexity index is 568. The van der Waals surface area contributed by atoms with Crippen LogP contribution in [0.1, 0.15) is 10.5 Å². The molecule has 1 aromatic carbocycles. The van der Waals surface area contributed by atoms with Crippen molar-refractivity contribution in [2.45, 2.75) is 0 Å². The van der Waals surface area contributed by atoms with Gasteiger partial charge in [-0.25, -0.2) is 9.78 Å². The van der Waals surface area contributed by atoms with Gasteiger partial charge in [-0.2, -0.15) is 0 Å². The fraction of sp³-hybridized carbons (Fsp3) is 0.0909. The van der Waals surface area contributed by atoms with Gasteiger partial charge in [-0.15, -0.1) is 11.3 Å². The lowest BCUT2D eigenvalue weighted by molar-refractivity contribution is 0.0691. The van der Waals surface area contributed by atoms with E-state index in [-0.39, 0.29) is 10.0 Å². The highest BCUT2D eigenvalue weighted by Crippen LogP contribution is 2.33. The van der Waals surface area contributed by atoms with Crippen LogP contribution in [0.5, 0.6) is 5.75 Å². The summed E-state index contributed by atoms with van der Waals surface area (Å²) >= 11 is 6.94. The minimum absolute atomic E-state index is 0.116. The van der Waals surface area contributed by atoms with E-state index in [1.165, 1.54) is 0 Å². The molecule has 0 aliphatic rings. The van der Waals surface area contributed by atoms with Gasteiger partial charge in [0.1, 0.15) is 15.1 Å². The van der Waals surface area contributed by atoms with E-state index in [0.717, 1.165) is 16.9 Å². The maximum absolute atomic E-state index is 10.8. The van der Waals surface area contributed by atoms with E-state index in [0.29, 0.717) is 10.8 Å². The quantitative estimate of drug-likeness (QED) is 0.930. The number of carboxylic acid groups (broad SMARTS) is 1. The molecule has 1 heterocycles. The van der Waals surface area contributed by atoms with Crippen LogP contribution in [0.2, 0.25) is 4.34 Å². The highest BCUT2D eigenvalue weighted by atomic mass is 35.5. The van der Waals surface area contributed by atoms with Gasteiger partial charge >= 0.3 is 5.97 Å².